The molecule has 0 saturated heterocycles. The number of allylic oxidation sites excluding steroid dienone is 1. The first-order valence-electron chi connectivity index (χ1n) is 5.08. The van der Waals surface area contributed by atoms with Gasteiger partial charge in [-0.2, -0.15) is 0 Å². The van der Waals surface area contributed by atoms with Crippen molar-refractivity contribution < 1.29 is 5.11 Å². The summed E-state index contributed by atoms with van der Waals surface area (Å²) in [6, 6.07) is 7.06. The molecule has 3 nitrogen and oxygen atoms in total. The summed E-state index contributed by atoms with van der Waals surface area (Å²) >= 11 is 0. The van der Waals surface area contributed by atoms with Crippen LogP contribution in [0.1, 0.15) is 25.8 Å². The molecular formula is C12H18N2O. The molecule has 0 aromatic heterocycles. The van der Waals surface area contributed by atoms with E-state index in [0.717, 1.165) is 12.0 Å². The van der Waals surface area contributed by atoms with Crippen molar-refractivity contribution in [2.24, 2.45) is 5.84 Å². The summed E-state index contributed by atoms with van der Waals surface area (Å²) in [5, 5.41) is 10.8. The zero-order chi connectivity index (χ0) is 11.3. The molecule has 0 amide bonds. The highest BCUT2D eigenvalue weighted by Crippen LogP contribution is 2.11. The van der Waals surface area contributed by atoms with E-state index >= 15 is 0 Å². The zero-order valence-electron chi connectivity index (χ0n) is 9.27. The lowest BCUT2D eigenvalue weighted by molar-refractivity contribution is 0.382. The van der Waals surface area contributed by atoms with E-state index in [1.807, 2.05) is 18.3 Å². The van der Waals surface area contributed by atoms with Crippen molar-refractivity contribution in [3.05, 3.63) is 41.6 Å². The molecule has 0 aliphatic carbocycles. The SMILES string of the molecule is CC/C(C)=C\N(N)Cc1ccc(O)cc1. The molecule has 1 rings (SSSR count). The fraction of sp³-hybridized carbons (Fsp3) is 0.333. The van der Waals surface area contributed by atoms with Gasteiger partial charge in [0.2, 0.25) is 0 Å². The van der Waals surface area contributed by atoms with Gasteiger partial charge in [0.25, 0.3) is 0 Å². The number of benzene rings is 1. The van der Waals surface area contributed by atoms with E-state index in [1.165, 1.54) is 5.57 Å². The van der Waals surface area contributed by atoms with Crippen molar-refractivity contribution >= 4 is 0 Å². The average molecular weight is 206 g/mol. The van der Waals surface area contributed by atoms with Gasteiger partial charge in [0.1, 0.15) is 5.75 Å². The van der Waals surface area contributed by atoms with E-state index < -0.39 is 0 Å². The van der Waals surface area contributed by atoms with Crippen LogP contribution in [0.5, 0.6) is 5.75 Å². The van der Waals surface area contributed by atoms with Crippen molar-refractivity contribution in [3.63, 3.8) is 0 Å². The summed E-state index contributed by atoms with van der Waals surface area (Å²) in [5.74, 6) is 6.09. The lowest BCUT2D eigenvalue weighted by Gasteiger charge is -2.14. The molecule has 0 heterocycles. The first-order valence-corrected chi connectivity index (χ1v) is 5.08. The van der Waals surface area contributed by atoms with Crippen molar-refractivity contribution in [2.45, 2.75) is 26.8 Å². The first-order chi connectivity index (χ1) is 7.11. The molecule has 0 aliphatic rings. The Morgan fingerprint density at radius 1 is 1.40 bits per heavy atom. The van der Waals surface area contributed by atoms with Crippen LogP contribution >= 0.6 is 0 Å². The van der Waals surface area contributed by atoms with Crippen LogP contribution in [0, 0.1) is 0 Å². The predicted molar refractivity (Wildman–Crippen MR) is 61.9 cm³/mol. The Labute approximate surface area is 90.8 Å². The molecule has 1 aromatic rings. The molecule has 3 N–H and O–H groups in total. The highest BCUT2D eigenvalue weighted by Gasteiger charge is 1.97. The monoisotopic (exact) mass is 206 g/mol. The second-order valence-electron chi connectivity index (χ2n) is 3.67. The Kier molecular flexibility index (Phi) is 4.18. The van der Waals surface area contributed by atoms with Gasteiger partial charge in [-0.15, -0.1) is 0 Å². The third-order valence-corrected chi connectivity index (χ3v) is 2.25. The van der Waals surface area contributed by atoms with Crippen molar-refractivity contribution in [3.8, 4) is 5.75 Å². The molecule has 0 spiro atoms. The van der Waals surface area contributed by atoms with Gasteiger partial charge in [0.15, 0.2) is 0 Å². The predicted octanol–water partition coefficient (Wildman–Crippen LogP) is 2.38. The van der Waals surface area contributed by atoms with Crippen LogP contribution in [0.25, 0.3) is 0 Å². The number of nitrogens with two attached hydrogens (primary N) is 1. The standard InChI is InChI=1S/C12H18N2O/c1-3-10(2)8-14(13)9-11-4-6-12(15)7-5-11/h4-8,15H,3,9,13H2,1-2H3/b10-8-. The Balaban J connectivity index is 2.58. The van der Waals surface area contributed by atoms with Gasteiger partial charge in [-0.3, -0.25) is 0 Å². The lowest BCUT2D eigenvalue weighted by atomic mass is 10.2. The Hall–Kier alpha value is -1.48. The molecule has 0 atom stereocenters. The summed E-state index contributed by atoms with van der Waals surface area (Å²) in [6.45, 7) is 4.80. The second-order valence-corrected chi connectivity index (χ2v) is 3.67. The maximum absolute atomic E-state index is 9.12. The lowest BCUT2D eigenvalue weighted by Crippen LogP contribution is -2.24. The molecular weight excluding hydrogens is 188 g/mol. The van der Waals surface area contributed by atoms with Crippen LogP contribution in [-0.4, -0.2) is 10.1 Å². The van der Waals surface area contributed by atoms with Crippen LogP contribution in [0.3, 0.4) is 0 Å². The van der Waals surface area contributed by atoms with E-state index in [9.17, 15) is 0 Å². The number of hydrazine groups is 1. The molecule has 15 heavy (non-hydrogen) atoms. The summed E-state index contributed by atoms with van der Waals surface area (Å²) in [5.41, 5.74) is 2.33. The third kappa shape index (κ3) is 4.04. The number of rotatable bonds is 4. The number of hydrogen-bond donors (Lipinski definition) is 2. The quantitative estimate of drug-likeness (QED) is 0.587. The van der Waals surface area contributed by atoms with Crippen molar-refractivity contribution in [2.75, 3.05) is 0 Å². The van der Waals surface area contributed by atoms with Crippen molar-refractivity contribution in [1.29, 1.82) is 0 Å². The minimum atomic E-state index is 0.280. The van der Waals surface area contributed by atoms with Crippen LogP contribution in [0.4, 0.5) is 0 Å². The highest BCUT2D eigenvalue weighted by molar-refractivity contribution is 5.25. The summed E-state index contributed by atoms with van der Waals surface area (Å²) in [6.07, 6.45) is 2.94. The largest absolute Gasteiger partial charge is 0.508 e. The van der Waals surface area contributed by atoms with Crippen LogP contribution in [0.2, 0.25) is 0 Å². The van der Waals surface area contributed by atoms with E-state index in [2.05, 4.69) is 13.8 Å². The maximum Gasteiger partial charge on any atom is 0.115 e. The normalized spacial score (nSPS) is 11.5. The van der Waals surface area contributed by atoms with Gasteiger partial charge in [0.05, 0.1) is 6.54 Å². The number of nitrogens with zero attached hydrogens (tertiary/aromatic N) is 1. The Morgan fingerprint density at radius 3 is 2.53 bits per heavy atom. The highest BCUT2D eigenvalue weighted by atomic mass is 16.3. The fourth-order valence-corrected chi connectivity index (χ4v) is 1.23. The van der Waals surface area contributed by atoms with E-state index in [0.29, 0.717) is 6.54 Å². The molecule has 0 radical (unpaired) electrons. The van der Waals surface area contributed by atoms with Gasteiger partial charge >= 0.3 is 0 Å². The Bertz CT molecular complexity index is 330. The van der Waals surface area contributed by atoms with Crippen LogP contribution in [0.15, 0.2) is 36.0 Å². The molecule has 0 saturated carbocycles. The molecule has 0 aliphatic heterocycles. The third-order valence-electron chi connectivity index (χ3n) is 2.25. The maximum atomic E-state index is 9.12. The second kappa shape index (κ2) is 5.41. The summed E-state index contributed by atoms with van der Waals surface area (Å²) < 4.78 is 0. The fourth-order valence-electron chi connectivity index (χ4n) is 1.23. The molecule has 82 valence electrons. The van der Waals surface area contributed by atoms with Gasteiger partial charge in [-0.05, 0) is 31.0 Å². The summed E-state index contributed by atoms with van der Waals surface area (Å²) in [4.78, 5) is 0. The van der Waals surface area contributed by atoms with E-state index in [1.54, 1.807) is 17.1 Å². The van der Waals surface area contributed by atoms with Gasteiger partial charge < -0.3 is 10.1 Å². The van der Waals surface area contributed by atoms with E-state index in [-0.39, 0.29) is 5.75 Å². The van der Waals surface area contributed by atoms with Gasteiger partial charge in [-0.25, -0.2) is 5.84 Å². The molecule has 0 bridgehead atoms. The molecule has 0 fully saturated rings. The average Bonchev–Trinajstić information content (AvgIpc) is 2.21. The minimum absolute atomic E-state index is 0.280. The number of hydrogen-bond acceptors (Lipinski definition) is 3. The molecule has 0 unspecified atom stereocenters. The number of phenolic OH excluding ortho intramolecular Hbond substituents is 1. The van der Waals surface area contributed by atoms with Crippen molar-refractivity contribution in [1.82, 2.24) is 5.01 Å². The Morgan fingerprint density at radius 2 is 2.00 bits per heavy atom. The minimum Gasteiger partial charge on any atom is -0.508 e. The van der Waals surface area contributed by atoms with E-state index in [4.69, 9.17) is 10.9 Å². The smallest absolute Gasteiger partial charge is 0.115 e. The topological polar surface area (TPSA) is 49.5 Å². The zero-order valence-corrected chi connectivity index (χ0v) is 9.27. The van der Waals surface area contributed by atoms with Crippen LogP contribution in [-0.2, 0) is 6.54 Å². The first kappa shape index (κ1) is 11.6. The molecule has 1 aromatic carbocycles. The van der Waals surface area contributed by atoms with Crippen LogP contribution < -0.4 is 5.84 Å². The van der Waals surface area contributed by atoms with Gasteiger partial charge in [-0.1, -0.05) is 24.6 Å². The molecule has 3 heteroatoms. The van der Waals surface area contributed by atoms with Gasteiger partial charge in [0, 0.05) is 6.20 Å². The number of phenols is 1. The summed E-state index contributed by atoms with van der Waals surface area (Å²) in [7, 11) is 0. The number of aromatic hydroxyl groups is 1.